The average molecular weight is 300 g/mol. The van der Waals surface area contributed by atoms with Crippen LogP contribution in [0.15, 0.2) is 48.5 Å². The van der Waals surface area contributed by atoms with Gasteiger partial charge in [-0.3, -0.25) is 0 Å². The minimum absolute atomic E-state index is 0.162. The summed E-state index contributed by atoms with van der Waals surface area (Å²) < 4.78 is 15.9. The van der Waals surface area contributed by atoms with Crippen molar-refractivity contribution in [2.24, 2.45) is 0 Å². The normalized spacial score (nSPS) is 10.4. The largest absolute Gasteiger partial charge is 0.491 e. The van der Waals surface area contributed by atoms with Gasteiger partial charge in [-0.2, -0.15) is 0 Å². The Morgan fingerprint density at radius 1 is 0.955 bits per heavy atom. The summed E-state index contributed by atoms with van der Waals surface area (Å²) in [5, 5.41) is 0. The molecule has 0 aliphatic carbocycles. The van der Waals surface area contributed by atoms with Crippen LogP contribution in [-0.2, 0) is 11.3 Å². The molecule has 0 aliphatic rings. The van der Waals surface area contributed by atoms with Crippen molar-refractivity contribution < 1.29 is 19.0 Å². The van der Waals surface area contributed by atoms with Crippen LogP contribution in [-0.4, -0.2) is 19.2 Å². The SMILES string of the molecule is COC(=O)c1ccc(OCc2ccc(OC(C)C)cc2)cc1. The van der Waals surface area contributed by atoms with E-state index in [2.05, 4.69) is 4.74 Å². The molecule has 0 aliphatic heterocycles. The van der Waals surface area contributed by atoms with E-state index >= 15 is 0 Å². The summed E-state index contributed by atoms with van der Waals surface area (Å²) in [6, 6.07) is 14.7. The highest BCUT2D eigenvalue weighted by Gasteiger charge is 2.05. The Kier molecular flexibility index (Phi) is 5.42. The van der Waals surface area contributed by atoms with Crippen molar-refractivity contribution in [3.8, 4) is 11.5 Å². The molecule has 0 radical (unpaired) electrons. The summed E-state index contributed by atoms with van der Waals surface area (Å²) in [5.74, 6) is 1.20. The van der Waals surface area contributed by atoms with Gasteiger partial charge in [-0.1, -0.05) is 12.1 Å². The first-order chi connectivity index (χ1) is 10.6. The zero-order valence-electron chi connectivity index (χ0n) is 13.0. The van der Waals surface area contributed by atoms with Crippen LogP contribution in [0.4, 0.5) is 0 Å². The zero-order valence-corrected chi connectivity index (χ0v) is 13.0. The van der Waals surface area contributed by atoms with Crippen molar-refractivity contribution in [2.45, 2.75) is 26.6 Å². The standard InChI is InChI=1S/C18H20O4/c1-13(2)22-17-8-4-14(5-9-17)12-21-16-10-6-15(7-11-16)18(19)20-3/h4-11,13H,12H2,1-3H3. The van der Waals surface area contributed by atoms with Crippen molar-refractivity contribution in [3.05, 3.63) is 59.7 Å². The van der Waals surface area contributed by atoms with Gasteiger partial charge in [-0.25, -0.2) is 4.79 Å². The van der Waals surface area contributed by atoms with Gasteiger partial charge >= 0.3 is 5.97 Å². The molecule has 4 heteroatoms. The number of methoxy groups -OCH3 is 1. The molecule has 4 nitrogen and oxygen atoms in total. The highest BCUT2D eigenvalue weighted by atomic mass is 16.5. The second-order valence-corrected chi connectivity index (χ2v) is 5.12. The third-order valence-corrected chi connectivity index (χ3v) is 2.98. The lowest BCUT2D eigenvalue weighted by Gasteiger charge is -2.11. The average Bonchev–Trinajstić information content (AvgIpc) is 2.53. The van der Waals surface area contributed by atoms with Crippen molar-refractivity contribution in [1.29, 1.82) is 0 Å². The first-order valence-electron chi connectivity index (χ1n) is 7.15. The van der Waals surface area contributed by atoms with E-state index in [9.17, 15) is 4.79 Å². The third-order valence-electron chi connectivity index (χ3n) is 2.98. The van der Waals surface area contributed by atoms with Crippen molar-refractivity contribution in [3.63, 3.8) is 0 Å². The Labute approximate surface area is 130 Å². The maximum absolute atomic E-state index is 11.3. The molecular formula is C18H20O4. The van der Waals surface area contributed by atoms with Crippen LogP contribution in [0.25, 0.3) is 0 Å². The summed E-state index contributed by atoms with van der Waals surface area (Å²) in [4.78, 5) is 11.3. The summed E-state index contributed by atoms with van der Waals surface area (Å²) in [5.41, 5.74) is 1.55. The molecule has 116 valence electrons. The van der Waals surface area contributed by atoms with Gasteiger partial charge in [0.1, 0.15) is 18.1 Å². The quantitative estimate of drug-likeness (QED) is 0.760. The highest BCUT2D eigenvalue weighted by Crippen LogP contribution is 2.17. The summed E-state index contributed by atoms with van der Waals surface area (Å²) in [6.45, 7) is 4.45. The summed E-state index contributed by atoms with van der Waals surface area (Å²) in [6.07, 6.45) is 0.162. The molecule has 0 aromatic heterocycles. The molecular weight excluding hydrogens is 280 g/mol. The van der Waals surface area contributed by atoms with Crippen LogP contribution < -0.4 is 9.47 Å². The number of hydrogen-bond donors (Lipinski definition) is 0. The summed E-state index contributed by atoms with van der Waals surface area (Å²) in [7, 11) is 1.36. The molecule has 2 rings (SSSR count). The number of benzene rings is 2. The second-order valence-electron chi connectivity index (χ2n) is 5.12. The molecule has 0 fully saturated rings. The minimum atomic E-state index is -0.354. The fourth-order valence-electron chi connectivity index (χ4n) is 1.91. The molecule has 2 aromatic carbocycles. The number of carbonyl (C=O) groups is 1. The zero-order chi connectivity index (χ0) is 15.9. The van der Waals surface area contributed by atoms with Gasteiger partial charge in [0.2, 0.25) is 0 Å². The molecule has 0 amide bonds. The molecule has 0 saturated heterocycles. The Morgan fingerprint density at radius 3 is 2.09 bits per heavy atom. The van der Waals surface area contributed by atoms with Crippen LogP contribution >= 0.6 is 0 Å². The van der Waals surface area contributed by atoms with Crippen molar-refractivity contribution >= 4 is 5.97 Å². The Balaban J connectivity index is 1.91. The summed E-state index contributed by atoms with van der Waals surface area (Å²) >= 11 is 0. The molecule has 0 atom stereocenters. The van der Waals surface area contributed by atoms with Crippen molar-refractivity contribution in [1.82, 2.24) is 0 Å². The fourth-order valence-corrected chi connectivity index (χ4v) is 1.91. The highest BCUT2D eigenvalue weighted by molar-refractivity contribution is 5.89. The Morgan fingerprint density at radius 2 is 1.55 bits per heavy atom. The van der Waals surface area contributed by atoms with Crippen LogP contribution in [0.2, 0.25) is 0 Å². The molecule has 0 saturated carbocycles. The lowest BCUT2D eigenvalue weighted by atomic mass is 10.2. The monoisotopic (exact) mass is 300 g/mol. The minimum Gasteiger partial charge on any atom is -0.491 e. The second kappa shape index (κ2) is 7.50. The maximum Gasteiger partial charge on any atom is 0.337 e. The fraction of sp³-hybridized carbons (Fsp3) is 0.278. The van der Waals surface area contributed by atoms with Gasteiger partial charge in [0.25, 0.3) is 0 Å². The lowest BCUT2D eigenvalue weighted by Crippen LogP contribution is -2.05. The molecule has 22 heavy (non-hydrogen) atoms. The van der Waals surface area contributed by atoms with Gasteiger partial charge in [0, 0.05) is 0 Å². The van der Waals surface area contributed by atoms with Crippen LogP contribution in [0.3, 0.4) is 0 Å². The smallest absolute Gasteiger partial charge is 0.337 e. The number of carbonyl (C=O) groups excluding carboxylic acids is 1. The third kappa shape index (κ3) is 4.52. The molecule has 0 heterocycles. The molecule has 0 N–H and O–H groups in total. The number of ether oxygens (including phenoxy) is 3. The van der Waals surface area contributed by atoms with E-state index in [1.807, 2.05) is 38.1 Å². The van der Waals surface area contributed by atoms with E-state index in [1.165, 1.54) is 7.11 Å². The molecule has 0 bridgehead atoms. The first kappa shape index (κ1) is 15.9. The predicted molar refractivity (Wildman–Crippen MR) is 84.3 cm³/mol. The Bertz CT molecular complexity index is 600. The number of hydrogen-bond acceptors (Lipinski definition) is 4. The van der Waals surface area contributed by atoms with Gasteiger partial charge < -0.3 is 14.2 Å². The molecule has 0 spiro atoms. The van der Waals surface area contributed by atoms with Crippen LogP contribution in [0.5, 0.6) is 11.5 Å². The Hall–Kier alpha value is -2.49. The van der Waals surface area contributed by atoms with Crippen LogP contribution in [0.1, 0.15) is 29.8 Å². The van der Waals surface area contributed by atoms with Gasteiger partial charge in [-0.05, 0) is 55.8 Å². The topological polar surface area (TPSA) is 44.8 Å². The van der Waals surface area contributed by atoms with E-state index < -0.39 is 0 Å². The van der Waals surface area contributed by atoms with E-state index in [1.54, 1.807) is 24.3 Å². The van der Waals surface area contributed by atoms with E-state index in [0.29, 0.717) is 17.9 Å². The van der Waals surface area contributed by atoms with Crippen molar-refractivity contribution in [2.75, 3.05) is 7.11 Å². The van der Waals surface area contributed by atoms with Gasteiger partial charge in [0.05, 0.1) is 18.8 Å². The molecule has 0 unspecified atom stereocenters. The van der Waals surface area contributed by atoms with Gasteiger partial charge in [-0.15, -0.1) is 0 Å². The number of rotatable bonds is 6. The first-order valence-corrected chi connectivity index (χ1v) is 7.15. The van der Waals surface area contributed by atoms with Gasteiger partial charge in [0.15, 0.2) is 0 Å². The number of esters is 1. The molecule has 2 aromatic rings. The van der Waals surface area contributed by atoms with Crippen LogP contribution in [0, 0.1) is 0 Å². The van der Waals surface area contributed by atoms with E-state index in [-0.39, 0.29) is 12.1 Å². The lowest BCUT2D eigenvalue weighted by molar-refractivity contribution is 0.0600. The maximum atomic E-state index is 11.3. The van der Waals surface area contributed by atoms with E-state index in [0.717, 1.165) is 11.3 Å². The van der Waals surface area contributed by atoms with E-state index in [4.69, 9.17) is 9.47 Å². The predicted octanol–water partition coefficient (Wildman–Crippen LogP) is 3.84.